The molecule has 3 N–H and O–H groups in total. The van der Waals surface area contributed by atoms with Gasteiger partial charge in [0.05, 0.1) is 7.11 Å². The zero-order chi connectivity index (χ0) is 13.1. The molecule has 0 spiro atoms. The third-order valence-electron chi connectivity index (χ3n) is 2.47. The summed E-state index contributed by atoms with van der Waals surface area (Å²) in [4.78, 5) is 26.9. The number of ether oxygens (including phenoxy) is 1. The van der Waals surface area contributed by atoms with E-state index in [4.69, 9.17) is 4.74 Å². The highest BCUT2D eigenvalue weighted by molar-refractivity contribution is 5.62. The van der Waals surface area contributed by atoms with Gasteiger partial charge in [-0.15, -0.1) is 0 Å². The minimum Gasteiger partial charge on any atom is -0.497 e. The smallest absolute Gasteiger partial charge is 0.327 e. The Morgan fingerprint density at radius 1 is 1.17 bits per heavy atom. The number of rotatable bonds is 3. The number of hydrogen-bond donors (Lipinski definition) is 3. The molecule has 6 nitrogen and oxygen atoms in total. The molecular formula is C12H13N3O3. The molecule has 0 aliphatic heterocycles. The maximum Gasteiger partial charge on any atom is 0.327 e. The molecule has 0 radical (unpaired) electrons. The lowest BCUT2D eigenvalue weighted by Gasteiger charge is -2.10. The number of benzene rings is 1. The van der Waals surface area contributed by atoms with Crippen LogP contribution in [0.5, 0.6) is 5.75 Å². The molecule has 6 heteroatoms. The number of aromatic nitrogens is 2. The first-order valence-electron chi connectivity index (χ1n) is 5.34. The average Bonchev–Trinajstić information content (AvgIpc) is 2.30. The summed E-state index contributed by atoms with van der Waals surface area (Å²) in [6.45, 7) is 1.91. The SMILES string of the molecule is COc1ccc(C)c(Nc2cc(=O)[nH]c(=O)[nH]2)c1. The molecule has 0 amide bonds. The Morgan fingerprint density at radius 2 is 1.94 bits per heavy atom. The molecule has 1 aromatic carbocycles. The van der Waals surface area contributed by atoms with Gasteiger partial charge in [-0.3, -0.25) is 14.8 Å². The highest BCUT2D eigenvalue weighted by atomic mass is 16.5. The summed E-state index contributed by atoms with van der Waals surface area (Å²) in [5.74, 6) is 1.02. The van der Waals surface area contributed by atoms with Gasteiger partial charge in [0, 0.05) is 17.8 Å². The Balaban J connectivity index is 2.39. The number of nitrogens with one attached hydrogen (secondary N) is 3. The summed E-state index contributed by atoms with van der Waals surface area (Å²) in [6.07, 6.45) is 0. The molecule has 1 aromatic heterocycles. The molecule has 2 rings (SSSR count). The lowest BCUT2D eigenvalue weighted by Crippen LogP contribution is -2.22. The van der Waals surface area contributed by atoms with Crippen LogP contribution in [0.3, 0.4) is 0 Å². The zero-order valence-electron chi connectivity index (χ0n) is 10.0. The summed E-state index contributed by atoms with van der Waals surface area (Å²) in [5, 5.41) is 2.97. The van der Waals surface area contributed by atoms with Crippen molar-refractivity contribution in [1.29, 1.82) is 0 Å². The summed E-state index contributed by atoms with van der Waals surface area (Å²) in [6, 6.07) is 6.78. The predicted molar refractivity (Wildman–Crippen MR) is 68.7 cm³/mol. The van der Waals surface area contributed by atoms with Crippen molar-refractivity contribution in [2.75, 3.05) is 12.4 Å². The van der Waals surface area contributed by atoms with Crippen molar-refractivity contribution in [1.82, 2.24) is 9.97 Å². The van der Waals surface area contributed by atoms with Crippen LogP contribution in [0.15, 0.2) is 33.9 Å². The Kier molecular flexibility index (Phi) is 3.18. The number of hydrogen-bond acceptors (Lipinski definition) is 4. The highest BCUT2D eigenvalue weighted by Crippen LogP contribution is 2.23. The van der Waals surface area contributed by atoms with Gasteiger partial charge in [0.25, 0.3) is 5.56 Å². The fraction of sp³-hybridized carbons (Fsp3) is 0.167. The van der Waals surface area contributed by atoms with Crippen molar-refractivity contribution in [3.05, 3.63) is 50.7 Å². The number of anilines is 2. The summed E-state index contributed by atoms with van der Waals surface area (Å²) < 4.78 is 5.12. The van der Waals surface area contributed by atoms with Crippen LogP contribution in [-0.2, 0) is 0 Å². The molecule has 2 aromatic rings. The number of methoxy groups -OCH3 is 1. The third kappa shape index (κ3) is 2.60. The Hall–Kier alpha value is -2.50. The van der Waals surface area contributed by atoms with E-state index in [9.17, 15) is 9.59 Å². The van der Waals surface area contributed by atoms with Crippen molar-refractivity contribution in [2.45, 2.75) is 6.92 Å². The van der Waals surface area contributed by atoms with E-state index in [1.54, 1.807) is 13.2 Å². The fourth-order valence-corrected chi connectivity index (χ4v) is 1.54. The largest absolute Gasteiger partial charge is 0.497 e. The van der Waals surface area contributed by atoms with Crippen LogP contribution in [0, 0.1) is 6.92 Å². The van der Waals surface area contributed by atoms with E-state index in [2.05, 4.69) is 15.3 Å². The number of aryl methyl sites for hydroxylation is 1. The minimum absolute atomic E-state index is 0.333. The van der Waals surface area contributed by atoms with Gasteiger partial charge < -0.3 is 10.1 Å². The predicted octanol–water partition coefficient (Wildman–Crippen LogP) is 1.12. The maximum absolute atomic E-state index is 11.2. The maximum atomic E-state index is 11.2. The van der Waals surface area contributed by atoms with Crippen molar-refractivity contribution in [2.24, 2.45) is 0 Å². The second kappa shape index (κ2) is 4.79. The first kappa shape index (κ1) is 12.0. The second-order valence-corrected chi connectivity index (χ2v) is 3.81. The van der Waals surface area contributed by atoms with E-state index in [-0.39, 0.29) is 0 Å². The van der Waals surface area contributed by atoms with Gasteiger partial charge in [-0.05, 0) is 18.6 Å². The molecule has 0 aliphatic rings. The molecule has 0 atom stereocenters. The molecule has 18 heavy (non-hydrogen) atoms. The number of H-pyrrole nitrogens is 2. The topological polar surface area (TPSA) is 87.0 Å². The van der Waals surface area contributed by atoms with E-state index < -0.39 is 11.2 Å². The molecule has 0 fully saturated rings. The van der Waals surface area contributed by atoms with Crippen LogP contribution in [0.1, 0.15) is 5.56 Å². The quantitative estimate of drug-likeness (QED) is 0.758. The van der Waals surface area contributed by atoms with Crippen molar-refractivity contribution >= 4 is 11.5 Å². The fourth-order valence-electron chi connectivity index (χ4n) is 1.54. The first-order valence-corrected chi connectivity index (χ1v) is 5.34. The lowest BCUT2D eigenvalue weighted by atomic mass is 10.2. The summed E-state index contributed by atoms with van der Waals surface area (Å²) in [5.41, 5.74) is 0.722. The van der Waals surface area contributed by atoms with E-state index >= 15 is 0 Å². The van der Waals surface area contributed by atoms with Crippen LogP contribution in [0.2, 0.25) is 0 Å². The van der Waals surface area contributed by atoms with Crippen LogP contribution in [-0.4, -0.2) is 17.1 Å². The van der Waals surface area contributed by atoms with E-state index in [0.717, 1.165) is 11.3 Å². The second-order valence-electron chi connectivity index (χ2n) is 3.81. The van der Waals surface area contributed by atoms with Gasteiger partial charge in [-0.25, -0.2) is 4.79 Å². The number of aromatic amines is 2. The average molecular weight is 247 g/mol. The van der Waals surface area contributed by atoms with Gasteiger partial charge in [-0.2, -0.15) is 0 Å². The monoisotopic (exact) mass is 247 g/mol. The van der Waals surface area contributed by atoms with Crippen LogP contribution >= 0.6 is 0 Å². The van der Waals surface area contributed by atoms with Crippen LogP contribution in [0.25, 0.3) is 0 Å². The van der Waals surface area contributed by atoms with Gasteiger partial charge in [0.1, 0.15) is 11.6 Å². The minimum atomic E-state index is -0.550. The molecule has 0 saturated carbocycles. The third-order valence-corrected chi connectivity index (χ3v) is 2.47. The molecule has 0 unspecified atom stereocenters. The zero-order valence-corrected chi connectivity index (χ0v) is 10.0. The standard InChI is InChI=1S/C12H13N3O3/c1-7-3-4-8(18-2)5-9(7)13-10-6-11(16)15-12(17)14-10/h3-6H,1-2H3,(H3,13,14,15,16,17). The highest BCUT2D eigenvalue weighted by Gasteiger charge is 2.03. The lowest BCUT2D eigenvalue weighted by molar-refractivity contribution is 0.415. The van der Waals surface area contributed by atoms with Crippen molar-refractivity contribution < 1.29 is 4.74 Å². The van der Waals surface area contributed by atoms with Crippen LogP contribution in [0.4, 0.5) is 11.5 Å². The van der Waals surface area contributed by atoms with Crippen molar-refractivity contribution in [3.8, 4) is 5.75 Å². The van der Waals surface area contributed by atoms with E-state index in [1.165, 1.54) is 6.07 Å². The van der Waals surface area contributed by atoms with Gasteiger partial charge in [0.15, 0.2) is 0 Å². The van der Waals surface area contributed by atoms with Crippen LogP contribution < -0.4 is 21.3 Å². The van der Waals surface area contributed by atoms with Gasteiger partial charge >= 0.3 is 5.69 Å². The van der Waals surface area contributed by atoms with Gasteiger partial charge in [0.2, 0.25) is 0 Å². The summed E-state index contributed by atoms with van der Waals surface area (Å²) in [7, 11) is 1.57. The van der Waals surface area contributed by atoms with Gasteiger partial charge in [-0.1, -0.05) is 6.07 Å². The normalized spacial score (nSPS) is 10.1. The summed E-state index contributed by atoms with van der Waals surface area (Å²) >= 11 is 0. The Bertz CT molecular complexity index is 645. The van der Waals surface area contributed by atoms with E-state index in [0.29, 0.717) is 11.6 Å². The van der Waals surface area contributed by atoms with Crippen molar-refractivity contribution in [3.63, 3.8) is 0 Å². The first-order chi connectivity index (χ1) is 8.58. The molecular weight excluding hydrogens is 234 g/mol. The molecule has 0 saturated heterocycles. The Labute approximate surface area is 103 Å². The Morgan fingerprint density at radius 3 is 2.61 bits per heavy atom. The molecule has 94 valence electrons. The molecule has 0 aliphatic carbocycles. The van der Waals surface area contributed by atoms with E-state index in [1.807, 2.05) is 19.1 Å². The molecule has 1 heterocycles. The molecule has 0 bridgehead atoms.